The standard InChI is InChI=1S/C19H23N5O4/c20-19(21)22-10-4-7-15(18(27)28)24-17(26)14-9-8-13(23-16(14)25)11-12-5-2-1-3-6-12/h1-3,5-6,8-9,15H,4,7,10-11H2,(H,23,25)(H,24,26)(H,27,28)(H4,20,21,22)/t15-/m1/s1. The van der Waals surface area contributed by atoms with E-state index in [1.54, 1.807) is 6.07 Å². The Hall–Kier alpha value is -3.62. The molecule has 2 aromatic rings. The summed E-state index contributed by atoms with van der Waals surface area (Å²) >= 11 is 0. The van der Waals surface area contributed by atoms with Crippen LogP contribution in [0.3, 0.4) is 0 Å². The van der Waals surface area contributed by atoms with Crippen LogP contribution in [0.5, 0.6) is 0 Å². The van der Waals surface area contributed by atoms with Gasteiger partial charge >= 0.3 is 5.97 Å². The van der Waals surface area contributed by atoms with Crippen molar-refractivity contribution in [2.45, 2.75) is 25.3 Å². The number of rotatable bonds is 9. The normalized spacial score (nSPS) is 11.4. The Kier molecular flexibility index (Phi) is 7.32. The summed E-state index contributed by atoms with van der Waals surface area (Å²) in [5.74, 6) is -2.16. The molecule has 1 heterocycles. The van der Waals surface area contributed by atoms with Gasteiger partial charge in [0.25, 0.3) is 11.5 Å². The molecular formula is C19H23N5O4. The number of hydrogen-bond acceptors (Lipinski definition) is 4. The van der Waals surface area contributed by atoms with Crippen molar-refractivity contribution >= 4 is 17.8 Å². The minimum atomic E-state index is -1.20. The number of pyridine rings is 1. The molecule has 1 aromatic heterocycles. The van der Waals surface area contributed by atoms with Crippen LogP contribution < -0.4 is 21.9 Å². The molecule has 28 heavy (non-hydrogen) atoms. The Morgan fingerprint density at radius 1 is 1.18 bits per heavy atom. The van der Waals surface area contributed by atoms with E-state index < -0.39 is 23.5 Å². The summed E-state index contributed by atoms with van der Waals surface area (Å²) in [5.41, 5.74) is 6.09. The first-order valence-electron chi connectivity index (χ1n) is 8.74. The number of aliphatic carboxylic acids is 1. The van der Waals surface area contributed by atoms with E-state index in [4.69, 9.17) is 11.1 Å². The molecule has 148 valence electrons. The van der Waals surface area contributed by atoms with Crippen molar-refractivity contribution in [1.82, 2.24) is 15.6 Å². The molecule has 9 nitrogen and oxygen atoms in total. The molecule has 9 heteroatoms. The second-order valence-corrected chi connectivity index (χ2v) is 6.24. The maximum atomic E-state index is 12.3. The predicted molar refractivity (Wildman–Crippen MR) is 104 cm³/mol. The zero-order valence-corrected chi connectivity index (χ0v) is 15.2. The smallest absolute Gasteiger partial charge is 0.326 e. The molecule has 0 fully saturated rings. The lowest BCUT2D eigenvalue weighted by atomic mass is 10.1. The molecule has 0 unspecified atom stereocenters. The minimum Gasteiger partial charge on any atom is -0.480 e. The number of nitrogens with two attached hydrogens (primary N) is 1. The van der Waals surface area contributed by atoms with Crippen molar-refractivity contribution < 1.29 is 14.7 Å². The third-order valence-corrected chi connectivity index (χ3v) is 4.04. The predicted octanol–water partition coefficient (Wildman–Crippen LogP) is 0.412. The summed E-state index contributed by atoms with van der Waals surface area (Å²) in [6, 6.07) is 11.4. The van der Waals surface area contributed by atoms with Crippen molar-refractivity contribution in [2.75, 3.05) is 6.54 Å². The molecule has 0 spiro atoms. The van der Waals surface area contributed by atoms with E-state index in [9.17, 15) is 19.5 Å². The van der Waals surface area contributed by atoms with Gasteiger partial charge in [-0.15, -0.1) is 0 Å². The van der Waals surface area contributed by atoms with Crippen molar-refractivity contribution in [3.05, 3.63) is 69.6 Å². The fraction of sp³-hybridized carbons (Fsp3) is 0.263. The number of aromatic amines is 1. The van der Waals surface area contributed by atoms with Crippen LogP contribution in [0.4, 0.5) is 0 Å². The third kappa shape index (κ3) is 6.27. The van der Waals surface area contributed by atoms with Crippen LogP contribution in [-0.4, -0.2) is 40.5 Å². The number of carboxylic acids is 1. The van der Waals surface area contributed by atoms with Gasteiger partial charge in [-0.25, -0.2) is 4.79 Å². The van der Waals surface area contributed by atoms with Crippen LogP contribution in [0.2, 0.25) is 0 Å². The molecule has 0 bridgehead atoms. The quantitative estimate of drug-likeness (QED) is 0.208. The summed E-state index contributed by atoms with van der Waals surface area (Å²) in [7, 11) is 0. The van der Waals surface area contributed by atoms with Crippen LogP contribution in [0, 0.1) is 5.41 Å². The summed E-state index contributed by atoms with van der Waals surface area (Å²) < 4.78 is 0. The second kappa shape index (κ2) is 9.91. The summed E-state index contributed by atoms with van der Waals surface area (Å²) in [6.07, 6.45) is 1.02. The third-order valence-electron chi connectivity index (χ3n) is 4.04. The highest BCUT2D eigenvalue weighted by Crippen LogP contribution is 2.06. The number of hydrogen-bond donors (Lipinski definition) is 6. The molecule has 0 saturated carbocycles. The summed E-state index contributed by atoms with van der Waals surface area (Å²) in [4.78, 5) is 38.6. The molecule has 1 atom stereocenters. The molecule has 2 rings (SSSR count). The minimum absolute atomic E-state index is 0.130. The number of nitrogens with one attached hydrogen (secondary N) is 4. The van der Waals surface area contributed by atoms with Crippen LogP contribution in [0.15, 0.2) is 47.3 Å². The number of aromatic nitrogens is 1. The average Bonchev–Trinajstić information content (AvgIpc) is 2.64. The number of carbonyl (C=O) groups is 2. The van der Waals surface area contributed by atoms with Gasteiger partial charge in [0.2, 0.25) is 0 Å². The maximum absolute atomic E-state index is 12.3. The van der Waals surface area contributed by atoms with Gasteiger partial charge in [-0.3, -0.25) is 15.0 Å². The van der Waals surface area contributed by atoms with E-state index in [1.807, 2.05) is 30.3 Å². The van der Waals surface area contributed by atoms with Crippen LogP contribution in [0.25, 0.3) is 0 Å². The van der Waals surface area contributed by atoms with E-state index in [-0.39, 0.29) is 17.9 Å². The van der Waals surface area contributed by atoms with Crippen LogP contribution in [0.1, 0.15) is 34.5 Å². The van der Waals surface area contributed by atoms with Gasteiger partial charge in [0, 0.05) is 18.7 Å². The number of amides is 1. The Morgan fingerprint density at radius 2 is 1.89 bits per heavy atom. The first kappa shape index (κ1) is 20.7. The number of carboxylic acid groups (broad SMARTS) is 1. The lowest BCUT2D eigenvalue weighted by molar-refractivity contribution is -0.139. The zero-order chi connectivity index (χ0) is 20.5. The fourth-order valence-corrected chi connectivity index (χ4v) is 2.63. The molecule has 0 aliphatic heterocycles. The molecule has 7 N–H and O–H groups in total. The summed E-state index contributed by atoms with van der Waals surface area (Å²) in [6.45, 7) is 0.309. The van der Waals surface area contributed by atoms with Gasteiger partial charge in [0.15, 0.2) is 5.96 Å². The SMILES string of the molecule is N=C(N)NCCC[C@@H](NC(=O)c1ccc(Cc2ccccc2)[nH]c1=O)C(=O)O. The van der Waals surface area contributed by atoms with E-state index in [1.165, 1.54) is 6.07 Å². The van der Waals surface area contributed by atoms with E-state index >= 15 is 0 Å². The molecule has 1 amide bonds. The maximum Gasteiger partial charge on any atom is 0.326 e. The molecule has 0 saturated heterocycles. The summed E-state index contributed by atoms with van der Waals surface area (Å²) in [5, 5.41) is 21.2. The topological polar surface area (TPSA) is 161 Å². The number of guanidine groups is 1. The number of carbonyl (C=O) groups excluding carboxylic acids is 1. The number of H-pyrrole nitrogens is 1. The van der Waals surface area contributed by atoms with Gasteiger partial charge in [-0.05, 0) is 30.5 Å². The van der Waals surface area contributed by atoms with Gasteiger partial charge < -0.3 is 26.5 Å². The monoisotopic (exact) mass is 385 g/mol. The van der Waals surface area contributed by atoms with Crippen LogP contribution in [-0.2, 0) is 11.2 Å². The molecule has 0 aliphatic carbocycles. The first-order valence-corrected chi connectivity index (χ1v) is 8.74. The average molecular weight is 385 g/mol. The Balaban J connectivity index is 2.00. The first-order chi connectivity index (χ1) is 13.4. The number of benzene rings is 1. The van der Waals surface area contributed by atoms with E-state index in [0.717, 1.165) is 5.56 Å². The highest BCUT2D eigenvalue weighted by Gasteiger charge is 2.21. The van der Waals surface area contributed by atoms with Gasteiger partial charge in [0.1, 0.15) is 11.6 Å². The van der Waals surface area contributed by atoms with Gasteiger partial charge in [0.05, 0.1) is 0 Å². The Morgan fingerprint density at radius 3 is 2.50 bits per heavy atom. The Bertz CT molecular complexity index is 895. The molecule has 0 aliphatic rings. The van der Waals surface area contributed by atoms with Crippen molar-refractivity contribution in [1.29, 1.82) is 5.41 Å². The van der Waals surface area contributed by atoms with Crippen LogP contribution >= 0.6 is 0 Å². The zero-order valence-electron chi connectivity index (χ0n) is 15.2. The van der Waals surface area contributed by atoms with Crippen molar-refractivity contribution in [3.63, 3.8) is 0 Å². The van der Waals surface area contributed by atoms with E-state index in [2.05, 4.69) is 15.6 Å². The van der Waals surface area contributed by atoms with Crippen molar-refractivity contribution in [3.8, 4) is 0 Å². The fourth-order valence-electron chi connectivity index (χ4n) is 2.63. The van der Waals surface area contributed by atoms with Crippen molar-refractivity contribution in [2.24, 2.45) is 5.73 Å². The second-order valence-electron chi connectivity index (χ2n) is 6.24. The lowest BCUT2D eigenvalue weighted by Gasteiger charge is -2.14. The largest absolute Gasteiger partial charge is 0.480 e. The lowest BCUT2D eigenvalue weighted by Crippen LogP contribution is -2.43. The molecule has 1 aromatic carbocycles. The Labute approximate surface area is 161 Å². The molecule has 0 radical (unpaired) electrons. The molecular weight excluding hydrogens is 362 g/mol. The van der Waals surface area contributed by atoms with Gasteiger partial charge in [-0.1, -0.05) is 30.3 Å². The van der Waals surface area contributed by atoms with Gasteiger partial charge in [-0.2, -0.15) is 0 Å². The van der Waals surface area contributed by atoms with E-state index in [0.29, 0.717) is 25.1 Å². The highest BCUT2D eigenvalue weighted by molar-refractivity contribution is 5.96. The highest BCUT2D eigenvalue weighted by atomic mass is 16.4.